The maximum atomic E-state index is 12.2. The Kier molecular flexibility index (Phi) is 6.58. The molecule has 0 spiro atoms. The third-order valence-electron chi connectivity index (χ3n) is 7.53. The second kappa shape index (κ2) is 9.51. The number of aliphatic hydroxyl groups is 1. The Bertz CT molecular complexity index is 967. The van der Waals surface area contributed by atoms with Gasteiger partial charge in [0.2, 0.25) is 5.88 Å². The molecule has 0 radical (unpaired) electrons. The topological polar surface area (TPSA) is 87.2 Å². The number of piperidine rings is 1. The first-order chi connectivity index (χ1) is 16.7. The average Bonchev–Trinajstić information content (AvgIpc) is 3.03. The molecule has 8 nitrogen and oxygen atoms in total. The highest BCUT2D eigenvalue weighted by molar-refractivity contribution is 5.68. The van der Waals surface area contributed by atoms with E-state index in [-0.39, 0.29) is 18.1 Å². The normalized spacial score (nSPS) is 29.6. The van der Waals surface area contributed by atoms with E-state index in [2.05, 4.69) is 39.2 Å². The van der Waals surface area contributed by atoms with Crippen molar-refractivity contribution in [1.29, 1.82) is 0 Å². The monoisotopic (exact) mass is 482 g/mol. The van der Waals surface area contributed by atoms with Crippen LogP contribution in [0.25, 0.3) is 0 Å². The lowest BCUT2D eigenvalue weighted by Crippen LogP contribution is -2.52. The summed E-state index contributed by atoms with van der Waals surface area (Å²) < 4.78 is 11.6. The highest BCUT2D eigenvalue weighted by atomic mass is 16.6. The summed E-state index contributed by atoms with van der Waals surface area (Å²) in [5, 5.41) is 14.4. The number of carbonyl (C=O) groups is 1. The molecule has 5 rings (SSSR count). The van der Waals surface area contributed by atoms with E-state index in [1.54, 1.807) is 4.90 Å². The molecule has 4 heterocycles. The summed E-state index contributed by atoms with van der Waals surface area (Å²) >= 11 is 0. The molecular formula is C27H38N4O4. The number of piperazine rings is 1. The van der Waals surface area contributed by atoms with Crippen molar-refractivity contribution in [3.05, 3.63) is 18.3 Å². The SMILES string of the molecule is CC(C)(C)OC(=O)N1CCC(O)(C#CC2CC(Oc3cc(N4C5CCC4CNC5)ccn3)C2)CC1. The first-order valence-electron chi connectivity index (χ1n) is 13.0. The highest BCUT2D eigenvalue weighted by Gasteiger charge is 2.38. The Morgan fingerprint density at radius 3 is 2.54 bits per heavy atom. The zero-order valence-corrected chi connectivity index (χ0v) is 21.1. The fourth-order valence-corrected chi connectivity index (χ4v) is 5.52. The molecular weight excluding hydrogens is 444 g/mol. The van der Waals surface area contributed by atoms with Crippen LogP contribution in [0.4, 0.5) is 10.5 Å². The first kappa shape index (κ1) is 24.2. The quantitative estimate of drug-likeness (QED) is 0.641. The molecule has 1 aromatic heterocycles. The van der Waals surface area contributed by atoms with Crippen molar-refractivity contribution in [2.75, 3.05) is 31.1 Å². The maximum Gasteiger partial charge on any atom is 0.410 e. The van der Waals surface area contributed by atoms with Crippen LogP contribution in [0.15, 0.2) is 18.3 Å². The van der Waals surface area contributed by atoms with E-state index in [1.807, 2.05) is 27.0 Å². The molecule has 3 saturated heterocycles. The summed E-state index contributed by atoms with van der Waals surface area (Å²) in [6, 6.07) is 5.30. The number of anilines is 1. The van der Waals surface area contributed by atoms with Crippen molar-refractivity contribution in [3.8, 4) is 17.7 Å². The number of fused-ring (bicyclic) bond motifs is 2. The molecule has 8 heteroatoms. The third kappa shape index (κ3) is 5.68. The van der Waals surface area contributed by atoms with Gasteiger partial charge in [-0.05, 0) is 52.5 Å². The van der Waals surface area contributed by atoms with Gasteiger partial charge in [0, 0.05) is 75.0 Å². The number of hydrogen-bond donors (Lipinski definition) is 2. The summed E-state index contributed by atoms with van der Waals surface area (Å²) in [5.41, 5.74) is -0.350. The summed E-state index contributed by atoms with van der Waals surface area (Å²) in [6.07, 6.45) is 6.69. The number of ether oxygens (including phenoxy) is 2. The fraction of sp³-hybridized carbons (Fsp3) is 0.704. The molecule has 2 N–H and O–H groups in total. The van der Waals surface area contributed by atoms with Gasteiger partial charge >= 0.3 is 6.09 Å². The van der Waals surface area contributed by atoms with Gasteiger partial charge in [-0.1, -0.05) is 11.8 Å². The lowest BCUT2D eigenvalue weighted by molar-refractivity contribution is -0.00537. The van der Waals surface area contributed by atoms with Crippen LogP contribution in [-0.2, 0) is 4.74 Å². The van der Waals surface area contributed by atoms with Crippen molar-refractivity contribution in [2.45, 2.75) is 88.7 Å². The molecule has 4 fully saturated rings. The van der Waals surface area contributed by atoms with Crippen LogP contribution in [0.5, 0.6) is 5.88 Å². The minimum atomic E-state index is -1.04. The van der Waals surface area contributed by atoms with Crippen LogP contribution in [-0.4, -0.2) is 76.7 Å². The Morgan fingerprint density at radius 1 is 1.20 bits per heavy atom. The van der Waals surface area contributed by atoms with Gasteiger partial charge in [-0.3, -0.25) is 0 Å². The van der Waals surface area contributed by atoms with E-state index in [9.17, 15) is 9.90 Å². The first-order valence-corrected chi connectivity index (χ1v) is 13.0. The number of rotatable bonds is 3. The van der Waals surface area contributed by atoms with Crippen LogP contribution in [0.2, 0.25) is 0 Å². The minimum Gasteiger partial charge on any atom is -0.474 e. The van der Waals surface area contributed by atoms with Gasteiger partial charge in [0.05, 0.1) is 0 Å². The second-order valence-corrected chi connectivity index (χ2v) is 11.5. The Labute approximate surface area is 208 Å². The van der Waals surface area contributed by atoms with Gasteiger partial charge in [-0.2, -0.15) is 0 Å². The Balaban J connectivity index is 1.09. The lowest BCUT2D eigenvalue weighted by atomic mass is 9.81. The van der Waals surface area contributed by atoms with Gasteiger partial charge in [0.25, 0.3) is 0 Å². The van der Waals surface area contributed by atoms with E-state index < -0.39 is 11.2 Å². The van der Waals surface area contributed by atoms with Crippen LogP contribution < -0.4 is 15.0 Å². The average molecular weight is 483 g/mol. The Hall–Kier alpha value is -2.50. The van der Waals surface area contributed by atoms with Crippen molar-refractivity contribution in [3.63, 3.8) is 0 Å². The molecule has 35 heavy (non-hydrogen) atoms. The molecule has 190 valence electrons. The number of likely N-dealkylation sites (tertiary alicyclic amines) is 1. The maximum absolute atomic E-state index is 12.2. The largest absolute Gasteiger partial charge is 0.474 e. The van der Waals surface area contributed by atoms with Gasteiger partial charge in [-0.15, -0.1) is 0 Å². The van der Waals surface area contributed by atoms with E-state index in [0.29, 0.717) is 43.9 Å². The standard InChI is InChI=1S/C27H38N4O4/c1-26(2,3)35-25(32)30-12-9-27(33,10-13-30)8-6-19-14-23(15-19)34-24-16-20(7-11-29-24)31-21-4-5-22(31)18-28-17-21/h7,11,16,19,21-23,28,33H,4-5,9-10,12-15,17-18H2,1-3H3. The smallest absolute Gasteiger partial charge is 0.410 e. The van der Waals surface area contributed by atoms with Crippen molar-refractivity contribution in [2.24, 2.45) is 5.92 Å². The number of amides is 1. The molecule has 3 aliphatic heterocycles. The van der Waals surface area contributed by atoms with Crippen molar-refractivity contribution < 1.29 is 19.4 Å². The molecule has 0 aromatic carbocycles. The lowest BCUT2D eigenvalue weighted by Gasteiger charge is -2.37. The van der Waals surface area contributed by atoms with Crippen LogP contribution >= 0.6 is 0 Å². The number of nitrogens with one attached hydrogen (secondary N) is 1. The summed E-state index contributed by atoms with van der Waals surface area (Å²) in [7, 11) is 0. The Morgan fingerprint density at radius 2 is 1.89 bits per heavy atom. The molecule has 2 bridgehead atoms. The van der Waals surface area contributed by atoms with Crippen molar-refractivity contribution in [1.82, 2.24) is 15.2 Å². The summed E-state index contributed by atoms with van der Waals surface area (Å²) in [5.74, 6) is 7.27. The van der Waals surface area contributed by atoms with Gasteiger partial charge in [-0.25, -0.2) is 9.78 Å². The van der Waals surface area contributed by atoms with E-state index >= 15 is 0 Å². The molecule has 1 aromatic rings. The number of pyridine rings is 1. The van der Waals surface area contributed by atoms with Crippen LogP contribution in [0, 0.1) is 17.8 Å². The van der Waals surface area contributed by atoms with E-state index in [4.69, 9.17) is 9.47 Å². The predicted molar refractivity (Wildman–Crippen MR) is 133 cm³/mol. The van der Waals surface area contributed by atoms with Gasteiger partial charge < -0.3 is 29.7 Å². The van der Waals surface area contributed by atoms with E-state index in [1.165, 1.54) is 18.5 Å². The molecule has 1 aliphatic carbocycles. The number of hydrogen-bond acceptors (Lipinski definition) is 7. The third-order valence-corrected chi connectivity index (χ3v) is 7.53. The van der Waals surface area contributed by atoms with E-state index in [0.717, 1.165) is 25.9 Å². The number of nitrogens with zero attached hydrogens (tertiary/aromatic N) is 3. The summed E-state index contributed by atoms with van der Waals surface area (Å²) in [6.45, 7) is 8.56. The molecule has 1 saturated carbocycles. The molecule has 2 unspecified atom stereocenters. The van der Waals surface area contributed by atoms with Gasteiger partial charge in [0.1, 0.15) is 17.3 Å². The van der Waals surface area contributed by atoms with Crippen LogP contribution in [0.1, 0.15) is 59.3 Å². The summed E-state index contributed by atoms with van der Waals surface area (Å²) in [4.78, 5) is 20.9. The molecule has 1 amide bonds. The predicted octanol–water partition coefficient (Wildman–Crippen LogP) is 2.95. The number of carbonyl (C=O) groups excluding carboxylic acids is 1. The van der Waals surface area contributed by atoms with Crippen molar-refractivity contribution >= 4 is 11.8 Å². The van der Waals surface area contributed by atoms with Gasteiger partial charge in [0.15, 0.2) is 0 Å². The number of aromatic nitrogens is 1. The minimum absolute atomic E-state index is 0.112. The highest BCUT2D eigenvalue weighted by Crippen LogP contribution is 2.35. The zero-order valence-electron chi connectivity index (χ0n) is 21.1. The molecule has 4 aliphatic rings. The second-order valence-electron chi connectivity index (χ2n) is 11.5. The zero-order chi connectivity index (χ0) is 24.6. The molecule has 2 atom stereocenters. The fourth-order valence-electron chi connectivity index (χ4n) is 5.52. The van der Waals surface area contributed by atoms with Crippen LogP contribution in [0.3, 0.4) is 0 Å².